The molecule has 5 nitrogen and oxygen atoms in total. The van der Waals surface area contributed by atoms with Crippen molar-refractivity contribution in [1.29, 1.82) is 10.5 Å². The van der Waals surface area contributed by atoms with Gasteiger partial charge in [0.25, 0.3) is 0 Å². The molecule has 0 radical (unpaired) electrons. The van der Waals surface area contributed by atoms with E-state index in [0.29, 0.717) is 11.1 Å². The molecule has 11 aromatic rings. The van der Waals surface area contributed by atoms with Crippen LogP contribution in [0, 0.1) is 22.7 Å². The van der Waals surface area contributed by atoms with Crippen LogP contribution in [0.25, 0.3) is 11.1 Å². The Balaban J connectivity index is 1.05. The normalized spacial score (nSPS) is 10.9. The summed E-state index contributed by atoms with van der Waals surface area (Å²) >= 11 is -3.79. The molecule has 0 heterocycles. The van der Waals surface area contributed by atoms with E-state index >= 15 is 0 Å². The standard InChI is InChI=1S/C68H49GeN5/c70-50-53-20-19-33-67(68(53)51-71)52-34-36-56(37-35-52)69(54-21-7-1-8-22-54,55-23-9-2-10-24-55)57-38-40-62(41-39-57)74(65-46-42-63(43-47-65)72(58-25-11-3-12-26-58)59-27-13-4-14-28-59)66-48-44-64(45-49-66)73(60-29-15-5-16-30-60)61-31-17-6-18-32-61/h1-49H. The predicted octanol–water partition coefficient (Wildman–Crippen LogP) is 14.9. The van der Waals surface area contributed by atoms with E-state index in [-0.39, 0.29) is 0 Å². The average Bonchev–Trinajstić information content (AvgIpc) is 3.48. The minimum absolute atomic E-state index is 0.373. The van der Waals surface area contributed by atoms with Crippen molar-refractivity contribution in [2.24, 2.45) is 0 Å². The van der Waals surface area contributed by atoms with Gasteiger partial charge in [-0.15, -0.1) is 0 Å². The number of rotatable bonds is 14. The molecule has 74 heavy (non-hydrogen) atoms. The van der Waals surface area contributed by atoms with E-state index in [1.54, 1.807) is 6.07 Å². The first-order valence-electron chi connectivity index (χ1n) is 24.7. The Hall–Kier alpha value is -9.66. The molecule has 0 saturated heterocycles. The van der Waals surface area contributed by atoms with Crippen molar-refractivity contribution in [3.8, 4) is 23.3 Å². The third-order valence-corrected chi connectivity index (χ3v) is 23.8. The van der Waals surface area contributed by atoms with Crippen molar-refractivity contribution >= 4 is 82.0 Å². The first kappa shape index (κ1) is 46.7. The van der Waals surface area contributed by atoms with Crippen LogP contribution < -0.4 is 32.3 Å². The topological polar surface area (TPSA) is 57.3 Å². The fourth-order valence-corrected chi connectivity index (χ4v) is 20.2. The maximum atomic E-state index is 10.2. The first-order chi connectivity index (χ1) is 36.6. The van der Waals surface area contributed by atoms with Gasteiger partial charge in [0.05, 0.1) is 0 Å². The molecular weight excluding hydrogens is 959 g/mol. The number of hydrogen-bond donors (Lipinski definition) is 0. The first-order valence-corrected chi connectivity index (χ1v) is 28.9. The molecule has 6 heteroatoms. The second-order valence-electron chi connectivity index (χ2n) is 17.9. The van der Waals surface area contributed by atoms with Crippen molar-refractivity contribution in [1.82, 2.24) is 0 Å². The van der Waals surface area contributed by atoms with Crippen LogP contribution in [-0.2, 0) is 0 Å². The van der Waals surface area contributed by atoms with Crippen molar-refractivity contribution in [2.45, 2.75) is 0 Å². The molecule has 350 valence electrons. The summed E-state index contributed by atoms with van der Waals surface area (Å²) in [6.07, 6.45) is 0. The fraction of sp³-hybridized carbons (Fsp3) is 0. The van der Waals surface area contributed by atoms with E-state index in [4.69, 9.17) is 0 Å². The summed E-state index contributed by atoms with van der Waals surface area (Å²) < 4.78 is 5.12. The van der Waals surface area contributed by atoms with Gasteiger partial charge in [-0.05, 0) is 0 Å². The quantitative estimate of drug-likeness (QED) is 0.102. The zero-order chi connectivity index (χ0) is 50.1. The van der Waals surface area contributed by atoms with Gasteiger partial charge in [-0.3, -0.25) is 0 Å². The van der Waals surface area contributed by atoms with Gasteiger partial charge in [0.2, 0.25) is 0 Å². The molecule has 0 aliphatic carbocycles. The molecule has 0 spiro atoms. The molecule has 0 saturated carbocycles. The number of hydrogen-bond acceptors (Lipinski definition) is 5. The van der Waals surface area contributed by atoms with E-state index < -0.39 is 13.3 Å². The zero-order valence-electron chi connectivity index (χ0n) is 40.5. The summed E-state index contributed by atoms with van der Waals surface area (Å²) in [4.78, 5) is 6.92. The van der Waals surface area contributed by atoms with Crippen LogP contribution in [0.3, 0.4) is 0 Å². The molecular formula is C68H49GeN5. The monoisotopic (exact) mass is 1010 g/mol. The molecule has 11 aromatic carbocycles. The van der Waals surface area contributed by atoms with Gasteiger partial charge < -0.3 is 0 Å². The molecule has 0 unspecified atom stereocenters. The van der Waals surface area contributed by atoms with Crippen LogP contribution >= 0.6 is 0 Å². The molecule has 0 bridgehead atoms. The Morgan fingerprint density at radius 2 is 0.514 bits per heavy atom. The third-order valence-electron chi connectivity index (χ3n) is 13.7. The summed E-state index contributed by atoms with van der Waals surface area (Å²) in [6.45, 7) is 0. The summed E-state index contributed by atoms with van der Waals surface area (Å²) in [5, 5.41) is 20.0. The van der Waals surface area contributed by atoms with E-state index in [1.807, 2.05) is 12.1 Å². The number of nitriles is 2. The molecule has 0 atom stereocenters. The Morgan fingerprint density at radius 1 is 0.243 bits per heavy atom. The molecule has 11 rings (SSSR count). The van der Waals surface area contributed by atoms with E-state index in [1.165, 1.54) is 17.6 Å². The van der Waals surface area contributed by atoms with Crippen LogP contribution in [-0.4, -0.2) is 13.3 Å². The second-order valence-corrected chi connectivity index (χ2v) is 25.9. The average molecular weight is 1010 g/mol. The predicted molar refractivity (Wildman–Crippen MR) is 309 cm³/mol. The van der Waals surface area contributed by atoms with Crippen LogP contribution in [0.2, 0.25) is 0 Å². The van der Waals surface area contributed by atoms with Crippen molar-refractivity contribution in [3.63, 3.8) is 0 Å². The third kappa shape index (κ3) is 9.12. The SMILES string of the molecule is N#Cc1cccc(-c2cc[c]([Ge]([c]3ccccc3)([c]3ccccc3)[c]3ccc(N(c4ccc(N(c5ccccc5)c5ccccc5)cc4)c4ccc(N(c5ccccc5)c5ccccc5)cc4)cc3)cc2)c1C#N. The van der Waals surface area contributed by atoms with Gasteiger partial charge in [0, 0.05) is 0 Å². The minimum atomic E-state index is -3.79. The van der Waals surface area contributed by atoms with Gasteiger partial charge in [0.1, 0.15) is 0 Å². The van der Waals surface area contributed by atoms with Crippen LogP contribution in [0.1, 0.15) is 11.1 Å². The van der Waals surface area contributed by atoms with E-state index in [9.17, 15) is 10.5 Å². The van der Waals surface area contributed by atoms with Crippen molar-refractivity contribution < 1.29 is 0 Å². The Labute approximate surface area is 436 Å². The Morgan fingerprint density at radius 3 is 0.824 bits per heavy atom. The molecule has 0 aliphatic rings. The van der Waals surface area contributed by atoms with Crippen LogP contribution in [0.4, 0.5) is 51.2 Å². The van der Waals surface area contributed by atoms with Crippen LogP contribution in [0.15, 0.2) is 297 Å². The molecule has 0 amide bonds. The number of anilines is 9. The maximum absolute atomic E-state index is 10.2. The van der Waals surface area contributed by atoms with Crippen LogP contribution in [0.5, 0.6) is 0 Å². The summed E-state index contributed by atoms with van der Waals surface area (Å²) in [5.74, 6) is 0. The number of benzene rings is 11. The van der Waals surface area contributed by atoms with Crippen molar-refractivity contribution in [3.05, 3.63) is 308 Å². The van der Waals surface area contributed by atoms with E-state index in [2.05, 4.69) is 306 Å². The fourth-order valence-electron chi connectivity index (χ4n) is 10.3. The number of nitrogens with zero attached hydrogens (tertiary/aromatic N) is 5. The second kappa shape index (κ2) is 21.4. The summed E-state index contributed by atoms with van der Waals surface area (Å²) in [7, 11) is 0. The molecule has 0 fully saturated rings. The molecule has 0 aromatic heterocycles. The zero-order valence-corrected chi connectivity index (χ0v) is 42.6. The summed E-state index contributed by atoms with van der Waals surface area (Å²) in [5.41, 5.74) is 11.9. The van der Waals surface area contributed by atoms with Gasteiger partial charge in [-0.1, -0.05) is 72.8 Å². The Bertz CT molecular complexity index is 3450. The van der Waals surface area contributed by atoms with Crippen molar-refractivity contribution in [2.75, 3.05) is 14.7 Å². The molecule has 0 N–H and O–H groups in total. The molecule has 0 aliphatic heterocycles. The van der Waals surface area contributed by atoms with Gasteiger partial charge in [-0.2, -0.15) is 0 Å². The summed E-state index contributed by atoms with van der Waals surface area (Å²) in [6, 6.07) is 110. The van der Waals surface area contributed by atoms with Gasteiger partial charge in [-0.25, -0.2) is 0 Å². The van der Waals surface area contributed by atoms with E-state index in [0.717, 1.165) is 62.3 Å². The number of para-hydroxylation sites is 4. The van der Waals surface area contributed by atoms with Gasteiger partial charge in [0.15, 0.2) is 0 Å². The Kier molecular flexibility index (Phi) is 13.5. The van der Waals surface area contributed by atoms with Gasteiger partial charge >= 0.3 is 366 Å².